The van der Waals surface area contributed by atoms with Crippen LogP contribution in [0.1, 0.15) is 5.69 Å². The molecule has 1 N–H and O–H groups in total. The lowest BCUT2D eigenvalue weighted by Gasteiger charge is -1.99. The zero-order chi connectivity index (χ0) is 13.1. The fourth-order valence-electron chi connectivity index (χ4n) is 1.67. The molecule has 6 heteroatoms. The minimum Gasteiger partial charge on any atom is -0.480 e. The molecule has 0 saturated heterocycles. The summed E-state index contributed by atoms with van der Waals surface area (Å²) in [6, 6.07) is 11.7. The summed E-state index contributed by atoms with van der Waals surface area (Å²) >= 11 is 1.60. The predicted octanol–water partition coefficient (Wildman–Crippen LogP) is 2.65. The van der Waals surface area contributed by atoms with Gasteiger partial charge in [0.05, 0.1) is 23.8 Å². The second-order valence-corrected chi connectivity index (χ2v) is 4.88. The Hall–Kier alpha value is -2.08. The Morgan fingerprint density at radius 3 is 2.79 bits per heavy atom. The number of aromatic amines is 1. The van der Waals surface area contributed by atoms with Gasteiger partial charge >= 0.3 is 0 Å². The normalized spacial score (nSPS) is 10.8. The third-order valence-electron chi connectivity index (χ3n) is 2.63. The summed E-state index contributed by atoms with van der Waals surface area (Å²) in [5, 5.41) is 8.90. The molecule has 5 nitrogen and oxygen atoms in total. The summed E-state index contributed by atoms with van der Waals surface area (Å²) in [5.74, 6) is 1.24. The standard InChI is InChI=1S/C13H12N4OS/c1-18-12-7-6-9(16-17-12)8-19-13-14-10-4-2-3-5-11(10)15-13/h2-7H,8H2,1H3,(H,14,15). The van der Waals surface area contributed by atoms with Crippen LogP contribution in [0, 0.1) is 0 Å². The van der Waals surface area contributed by atoms with Crippen molar-refractivity contribution in [2.24, 2.45) is 0 Å². The van der Waals surface area contributed by atoms with Gasteiger partial charge in [-0.05, 0) is 18.2 Å². The van der Waals surface area contributed by atoms with E-state index in [0.29, 0.717) is 5.88 Å². The van der Waals surface area contributed by atoms with Crippen LogP contribution >= 0.6 is 11.8 Å². The first-order valence-corrected chi connectivity index (χ1v) is 6.78. The fourth-order valence-corrected chi connectivity index (χ4v) is 2.46. The lowest BCUT2D eigenvalue weighted by molar-refractivity contribution is 0.391. The first-order chi connectivity index (χ1) is 9.35. The molecule has 0 atom stereocenters. The molecule has 0 unspecified atom stereocenters. The molecule has 0 aliphatic rings. The van der Waals surface area contributed by atoms with Crippen molar-refractivity contribution in [3.63, 3.8) is 0 Å². The highest BCUT2D eigenvalue weighted by Crippen LogP contribution is 2.22. The van der Waals surface area contributed by atoms with Crippen LogP contribution in [0.4, 0.5) is 0 Å². The van der Waals surface area contributed by atoms with Crippen LogP contribution in [-0.2, 0) is 5.75 Å². The highest BCUT2D eigenvalue weighted by Gasteiger charge is 2.04. The van der Waals surface area contributed by atoms with Crippen molar-refractivity contribution in [3.05, 3.63) is 42.1 Å². The summed E-state index contributed by atoms with van der Waals surface area (Å²) < 4.78 is 4.97. The Labute approximate surface area is 114 Å². The molecule has 0 amide bonds. The van der Waals surface area contributed by atoms with Crippen molar-refractivity contribution in [2.75, 3.05) is 7.11 Å². The second-order valence-electron chi connectivity index (χ2n) is 3.91. The number of benzene rings is 1. The minimum atomic E-state index is 0.525. The van der Waals surface area contributed by atoms with Crippen LogP contribution in [0.15, 0.2) is 41.6 Å². The van der Waals surface area contributed by atoms with Gasteiger partial charge in [-0.2, -0.15) is 5.10 Å². The zero-order valence-corrected chi connectivity index (χ0v) is 11.1. The van der Waals surface area contributed by atoms with Crippen molar-refractivity contribution in [2.45, 2.75) is 10.9 Å². The molecule has 3 rings (SSSR count). The number of para-hydroxylation sites is 2. The molecule has 0 saturated carbocycles. The monoisotopic (exact) mass is 272 g/mol. The van der Waals surface area contributed by atoms with Gasteiger partial charge < -0.3 is 9.72 Å². The summed E-state index contributed by atoms with van der Waals surface area (Å²) in [5.41, 5.74) is 2.92. The number of methoxy groups -OCH3 is 1. The van der Waals surface area contributed by atoms with Crippen LogP contribution in [-0.4, -0.2) is 27.3 Å². The van der Waals surface area contributed by atoms with Gasteiger partial charge in [-0.1, -0.05) is 23.9 Å². The van der Waals surface area contributed by atoms with Gasteiger partial charge in [-0.3, -0.25) is 0 Å². The Morgan fingerprint density at radius 2 is 2.05 bits per heavy atom. The molecule has 3 aromatic rings. The SMILES string of the molecule is COc1ccc(CSc2nc3ccccc3[nH]2)nn1. The lowest BCUT2D eigenvalue weighted by Crippen LogP contribution is -1.94. The molecule has 2 aromatic heterocycles. The number of hydrogen-bond donors (Lipinski definition) is 1. The maximum absolute atomic E-state index is 4.97. The van der Waals surface area contributed by atoms with E-state index in [4.69, 9.17) is 4.74 Å². The number of nitrogens with zero attached hydrogens (tertiary/aromatic N) is 3. The topological polar surface area (TPSA) is 63.7 Å². The third kappa shape index (κ3) is 2.68. The van der Waals surface area contributed by atoms with Gasteiger partial charge in [0.25, 0.3) is 0 Å². The fraction of sp³-hybridized carbons (Fsp3) is 0.154. The van der Waals surface area contributed by atoms with Crippen molar-refractivity contribution in [3.8, 4) is 5.88 Å². The van der Waals surface area contributed by atoms with Crippen molar-refractivity contribution in [1.29, 1.82) is 0 Å². The van der Waals surface area contributed by atoms with Gasteiger partial charge in [0, 0.05) is 11.8 Å². The summed E-state index contributed by atoms with van der Waals surface area (Å²) in [4.78, 5) is 7.76. The van der Waals surface area contributed by atoms with E-state index in [-0.39, 0.29) is 0 Å². The van der Waals surface area contributed by atoms with E-state index in [2.05, 4.69) is 20.2 Å². The van der Waals surface area contributed by atoms with E-state index >= 15 is 0 Å². The number of aromatic nitrogens is 4. The largest absolute Gasteiger partial charge is 0.480 e. The van der Waals surface area contributed by atoms with Crippen LogP contribution in [0.5, 0.6) is 5.88 Å². The molecule has 1 aromatic carbocycles. The molecule has 0 aliphatic carbocycles. The van der Waals surface area contributed by atoms with Gasteiger partial charge in [0.1, 0.15) is 0 Å². The highest BCUT2D eigenvalue weighted by molar-refractivity contribution is 7.98. The van der Waals surface area contributed by atoms with Crippen LogP contribution in [0.3, 0.4) is 0 Å². The maximum Gasteiger partial charge on any atom is 0.233 e. The minimum absolute atomic E-state index is 0.525. The highest BCUT2D eigenvalue weighted by atomic mass is 32.2. The first-order valence-electron chi connectivity index (χ1n) is 5.79. The maximum atomic E-state index is 4.97. The molecule has 2 heterocycles. The Bertz CT molecular complexity index is 647. The number of rotatable bonds is 4. The van der Waals surface area contributed by atoms with E-state index in [0.717, 1.165) is 27.6 Å². The average Bonchev–Trinajstić information content (AvgIpc) is 2.88. The number of nitrogens with one attached hydrogen (secondary N) is 1. The van der Waals surface area contributed by atoms with Gasteiger partial charge in [0.2, 0.25) is 5.88 Å². The van der Waals surface area contributed by atoms with Crippen LogP contribution < -0.4 is 4.74 Å². The summed E-state index contributed by atoms with van der Waals surface area (Å²) in [6.45, 7) is 0. The molecular weight excluding hydrogens is 260 g/mol. The molecule has 0 bridgehead atoms. The third-order valence-corrected chi connectivity index (χ3v) is 3.54. The number of hydrogen-bond acceptors (Lipinski definition) is 5. The number of imidazole rings is 1. The molecule has 0 radical (unpaired) electrons. The van der Waals surface area contributed by atoms with E-state index < -0.39 is 0 Å². The summed E-state index contributed by atoms with van der Waals surface area (Å²) in [7, 11) is 1.58. The average molecular weight is 272 g/mol. The summed E-state index contributed by atoms with van der Waals surface area (Å²) in [6.07, 6.45) is 0. The number of H-pyrrole nitrogens is 1. The van der Waals surface area contributed by atoms with Gasteiger partial charge in [-0.15, -0.1) is 5.10 Å². The van der Waals surface area contributed by atoms with E-state index in [1.54, 1.807) is 18.9 Å². The Balaban J connectivity index is 1.70. The molecule has 0 aliphatic heterocycles. The Morgan fingerprint density at radius 1 is 1.16 bits per heavy atom. The van der Waals surface area contributed by atoms with Crippen molar-refractivity contribution >= 4 is 22.8 Å². The van der Waals surface area contributed by atoms with Gasteiger partial charge in [-0.25, -0.2) is 4.98 Å². The number of fused-ring (bicyclic) bond motifs is 1. The number of thioether (sulfide) groups is 1. The smallest absolute Gasteiger partial charge is 0.233 e. The second kappa shape index (κ2) is 5.27. The quantitative estimate of drug-likeness (QED) is 0.740. The van der Waals surface area contributed by atoms with E-state index in [1.165, 1.54) is 0 Å². The molecule has 96 valence electrons. The van der Waals surface area contributed by atoms with Crippen molar-refractivity contribution < 1.29 is 4.74 Å². The van der Waals surface area contributed by atoms with Crippen LogP contribution in [0.25, 0.3) is 11.0 Å². The Kier molecular flexibility index (Phi) is 3.33. The van der Waals surface area contributed by atoms with Gasteiger partial charge in [0.15, 0.2) is 5.16 Å². The lowest BCUT2D eigenvalue weighted by atomic mass is 10.3. The molecule has 0 fully saturated rings. The molecule has 0 spiro atoms. The van der Waals surface area contributed by atoms with E-state index in [9.17, 15) is 0 Å². The van der Waals surface area contributed by atoms with Crippen LogP contribution in [0.2, 0.25) is 0 Å². The molecular formula is C13H12N4OS. The number of ether oxygens (including phenoxy) is 1. The zero-order valence-electron chi connectivity index (χ0n) is 10.3. The molecule has 19 heavy (non-hydrogen) atoms. The van der Waals surface area contributed by atoms with E-state index in [1.807, 2.05) is 36.4 Å². The van der Waals surface area contributed by atoms with Crippen molar-refractivity contribution in [1.82, 2.24) is 20.2 Å². The predicted molar refractivity (Wildman–Crippen MR) is 74.2 cm³/mol. The first kappa shape index (κ1) is 12.0.